The fourth-order valence-corrected chi connectivity index (χ4v) is 5.99. The molecule has 2 bridgehead atoms. The standard InChI is InChI=1S/C22H20BrNO5/c1-27-12-6-8-14(9-7-12)28-13-4-2-11(3-5-13)24-21(25)17-15-10-16-18(17)22(26)29-20(16)19(15)23/h2-9,15-20H,10H2,1H3,(H,24,25)/t15-,16-,17-,18-,19-,20+/m1/s1. The van der Waals surface area contributed by atoms with Crippen molar-refractivity contribution < 1.29 is 23.8 Å². The monoisotopic (exact) mass is 457 g/mol. The van der Waals surface area contributed by atoms with Crippen molar-refractivity contribution in [2.24, 2.45) is 23.7 Å². The second-order valence-corrected chi connectivity index (χ2v) is 8.81. The van der Waals surface area contributed by atoms with Crippen molar-refractivity contribution in [3.63, 3.8) is 0 Å². The number of hydrogen-bond donors (Lipinski definition) is 1. The molecule has 3 fully saturated rings. The van der Waals surface area contributed by atoms with Crippen molar-refractivity contribution in [1.82, 2.24) is 0 Å². The highest BCUT2D eigenvalue weighted by Gasteiger charge is 2.67. The highest BCUT2D eigenvalue weighted by atomic mass is 79.9. The SMILES string of the molecule is COc1ccc(Oc2ccc(NC(=O)[C@@H]3[C@H]4C[C@H]5[C@H](OC(=O)[C@H]53)[C@@H]4Br)cc2)cc1. The largest absolute Gasteiger partial charge is 0.497 e. The van der Waals surface area contributed by atoms with Gasteiger partial charge in [-0.2, -0.15) is 0 Å². The summed E-state index contributed by atoms with van der Waals surface area (Å²) in [5.41, 5.74) is 0.675. The quantitative estimate of drug-likeness (QED) is 0.542. The van der Waals surface area contributed by atoms with E-state index in [9.17, 15) is 9.59 Å². The van der Waals surface area contributed by atoms with E-state index in [1.165, 1.54) is 0 Å². The molecule has 2 aromatic rings. The third-order valence-electron chi connectivity index (χ3n) is 6.24. The molecule has 1 aliphatic heterocycles. The van der Waals surface area contributed by atoms with Crippen LogP contribution in [0.3, 0.4) is 0 Å². The van der Waals surface area contributed by atoms with E-state index in [2.05, 4.69) is 21.2 Å². The number of fused-ring (bicyclic) bond motifs is 1. The minimum absolute atomic E-state index is 0.0613. The number of hydrogen-bond acceptors (Lipinski definition) is 5. The zero-order chi connectivity index (χ0) is 20.1. The Morgan fingerprint density at radius 1 is 1.03 bits per heavy atom. The van der Waals surface area contributed by atoms with Crippen LogP contribution in [0.25, 0.3) is 0 Å². The number of carbonyl (C=O) groups excluding carboxylic acids is 2. The average molecular weight is 458 g/mol. The molecular weight excluding hydrogens is 438 g/mol. The molecule has 0 radical (unpaired) electrons. The van der Waals surface area contributed by atoms with Crippen molar-refractivity contribution in [2.75, 3.05) is 12.4 Å². The van der Waals surface area contributed by atoms with Crippen LogP contribution >= 0.6 is 15.9 Å². The van der Waals surface area contributed by atoms with Gasteiger partial charge in [-0.15, -0.1) is 0 Å². The third-order valence-corrected chi connectivity index (χ3v) is 7.44. The van der Waals surface area contributed by atoms with Crippen molar-refractivity contribution in [3.8, 4) is 17.2 Å². The Hall–Kier alpha value is -2.54. The molecule has 1 saturated heterocycles. The van der Waals surface area contributed by atoms with Gasteiger partial charge in [-0.05, 0) is 60.9 Å². The number of carbonyl (C=O) groups is 2. The number of rotatable bonds is 5. The lowest BCUT2D eigenvalue weighted by Gasteiger charge is -2.27. The molecule has 29 heavy (non-hydrogen) atoms. The summed E-state index contributed by atoms with van der Waals surface area (Å²) in [5.74, 6) is 1.42. The fraction of sp³-hybridized carbons (Fsp3) is 0.364. The number of alkyl halides is 1. The van der Waals surface area contributed by atoms with Crippen molar-refractivity contribution in [1.29, 1.82) is 0 Å². The molecule has 0 unspecified atom stereocenters. The number of esters is 1. The summed E-state index contributed by atoms with van der Waals surface area (Å²) in [7, 11) is 1.62. The molecule has 2 saturated carbocycles. The van der Waals surface area contributed by atoms with Gasteiger partial charge in [0.1, 0.15) is 23.4 Å². The second-order valence-electron chi connectivity index (χ2n) is 7.75. The highest BCUT2D eigenvalue weighted by Crippen LogP contribution is 2.60. The highest BCUT2D eigenvalue weighted by molar-refractivity contribution is 9.09. The van der Waals surface area contributed by atoms with E-state index in [0.717, 1.165) is 12.2 Å². The van der Waals surface area contributed by atoms with Crippen LogP contribution in [0.4, 0.5) is 5.69 Å². The number of benzene rings is 2. The Bertz CT molecular complexity index is 945. The first-order valence-electron chi connectivity index (χ1n) is 9.62. The van der Waals surface area contributed by atoms with Gasteiger partial charge in [-0.25, -0.2) is 0 Å². The Morgan fingerprint density at radius 2 is 1.66 bits per heavy atom. The van der Waals surface area contributed by atoms with Crippen LogP contribution in [-0.2, 0) is 14.3 Å². The first-order chi connectivity index (χ1) is 14.0. The Balaban J connectivity index is 1.25. The van der Waals surface area contributed by atoms with Crippen LogP contribution in [0.5, 0.6) is 17.2 Å². The zero-order valence-corrected chi connectivity index (χ0v) is 17.3. The molecule has 6 nitrogen and oxygen atoms in total. The van der Waals surface area contributed by atoms with Gasteiger partial charge in [0, 0.05) is 11.6 Å². The molecule has 1 heterocycles. The fourth-order valence-electron chi connectivity index (χ4n) is 4.94. The van der Waals surface area contributed by atoms with Crippen LogP contribution in [0.15, 0.2) is 48.5 Å². The van der Waals surface area contributed by atoms with Gasteiger partial charge in [0.15, 0.2) is 0 Å². The van der Waals surface area contributed by atoms with Gasteiger partial charge in [0.2, 0.25) is 5.91 Å². The molecule has 6 atom stereocenters. The van der Waals surface area contributed by atoms with Gasteiger partial charge in [-0.3, -0.25) is 9.59 Å². The maximum Gasteiger partial charge on any atom is 0.310 e. The maximum absolute atomic E-state index is 12.9. The molecule has 150 valence electrons. The van der Waals surface area contributed by atoms with Gasteiger partial charge in [0.05, 0.1) is 23.8 Å². The van der Waals surface area contributed by atoms with Gasteiger partial charge >= 0.3 is 5.97 Å². The summed E-state index contributed by atoms with van der Waals surface area (Å²) in [6.07, 6.45) is 0.792. The number of nitrogens with one attached hydrogen (secondary N) is 1. The van der Waals surface area contributed by atoms with E-state index < -0.39 is 0 Å². The first kappa shape index (κ1) is 18.5. The molecule has 5 rings (SSSR count). The molecule has 1 N–H and O–H groups in total. The predicted molar refractivity (Wildman–Crippen MR) is 109 cm³/mol. The van der Waals surface area contributed by atoms with Crippen LogP contribution in [-0.4, -0.2) is 29.9 Å². The van der Waals surface area contributed by atoms with E-state index in [-0.39, 0.29) is 46.5 Å². The first-order valence-corrected chi connectivity index (χ1v) is 10.5. The smallest absolute Gasteiger partial charge is 0.310 e. The summed E-state index contributed by atoms with van der Waals surface area (Å²) in [6, 6.07) is 14.5. The van der Waals surface area contributed by atoms with Crippen molar-refractivity contribution >= 4 is 33.5 Å². The summed E-state index contributed by atoms with van der Waals surface area (Å²) in [4.78, 5) is 25.2. The zero-order valence-electron chi connectivity index (χ0n) is 15.7. The Morgan fingerprint density at radius 3 is 2.31 bits per heavy atom. The number of amides is 1. The lowest BCUT2D eigenvalue weighted by atomic mass is 9.79. The number of ether oxygens (including phenoxy) is 3. The van der Waals surface area contributed by atoms with Gasteiger partial charge in [0.25, 0.3) is 0 Å². The van der Waals surface area contributed by atoms with Crippen molar-refractivity contribution in [2.45, 2.75) is 17.4 Å². The van der Waals surface area contributed by atoms with E-state index >= 15 is 0 Å². The minimum atomic E-state index is -0.342. The molecule has 0 spiro atoms. The number of anilines is 1. The molecule has 2 aromatic carbocycles. The van der Waals surface area contributed by atoms with Gasteiger partial charge < -0.3 is 19.5 Å². The molecule has 0 aromatic heterocycles. The molecular formula is C22H20BrNO5. The van der Waals surface area contributed by atoms with Crippen LogP contribution in [0.1, 0.15) is 6.42 Å². The van der Waals surface area contributed by atoms with E-state index in [0.29, 0.717) is 17.2 Å². The van der Waals surface area contributed by atoms with Crippen molar-refractivity contribution in [3.05, 3.63) is 48.5 Å². The van der Waals surface area contributed by atoms with E-state index in [1.54, 1.807) is 31.4 Å². The Labute approximate surface area is 176 Å². The summed E-state index contributed by atoms with van der Waals surface area (Å²) >= 11 is 3.64. The van der Waals surface area contributed by atoms with Crippen LogP contribution in [0, 0.1) is 23.7 Å². The molecule has 3 aliphatic rings. The topological polar surface area (TPSA) is 73.9 Å². The minimum Gasteiger partial charge on any atom is -0.497 e. The van der Waals surface area contributed by atoms with E-state index in [4.69, 9.17) is 14.2 Å². The second kappa shape index (κ2) is 7.06. The third kappa shape index (κ3) is 3.08. The lowest BCUT2D eigenvalue weighted by Crippen LogP contribution is -2.40. The summed E-state index contributed by atoms with van der Waals surface area (Å²) in [5, 5.41) is 2.96. The van der Waals surface area contributed by atoms with E-state index in [1.807, 2.05) is 24.3 Å². The summed E-state index contributed by atoms with van der Waals surface area (Å²) < 4.78 is 16.4. The summed E-state index contributed by atoms with van der Waals surface area (Å²) in [6.45, 7) is 0. The number of methoxy groups -OCH3 is 1. The predicted octanol–water partition coefficient (Wildman–Crippen LogP) is 4.00. The number of halogens is 1. The van der Waals surface area contributed by atoms with Crippen LogP contribution in [0.2, 0.25) is 0 Å². The average Bonchev–Trinajstić information content (AvgIpc) is 3.34. The molecule has 2 aliphatic carbocycles. The maximum atomic E-state index is 12.9. The normalized spacial score (nSPS) is 31.4. The van der Waals surface area contributed by atoms with Crippen LogP contribution < -0.4 is 14.8 Å². The Kier molecular flexibility index (Phi) is 4.50. The lowest BCUT2D eigenvalue weighted by molar-refractivity contribution is -0.145. The molecule has 1 amide bonds. The van der Waals surface area contributed by atoms with Gasteiger partial charge in [-0.1, -0.05) is 15.9 Å². The molecule has 7 heteroatoms.